The van der Waals surface area contributed by atoms with Gasteiger partial charge < -0.3 is 5.32 Å². The number of rotatable bonds is 6. The monoisotopic (exact) mass is 261 g/mol. The number of hydrazine groups is 1. The molecular weight excluding hydrogens is 238 g/mol. The molecule has 1 aliphatic rings. The Morgan fingerprint density at radius 2 is 1.89 bits per heavy atom. The highest BCUT2D eigenvalue weighted by Crippen LogP contribution is 2.22. The van der Waals surface area contributed by atoms with E-state index in [1.54, 1.807) is 5.01 Å². The van der Waals surface area contributed by atoms with Gasteiger partial charge in [0.15, 0.2) is 0 Å². The summed E-state index contributed by atoms with van der Waals surface area (Å²) in [6.45, 7) is 4.24. The molecule has 1 atom stereocenters. The molecule has 0 aliphatic carbocycles. The quantitative estimate of drug-likeness (QED) is 0.771. The molecule has 4 heteroatoms. The third kappa shape index (κ3) is 3.47. The molecule has 0 aromatic heterocycles. The number of benzene rings is 1. The van der Waals surface area contributed by atoms with Crippen LogP contribution < -0.4 is 15.8 Å². The zero-order valence-electron chi connectivity index (χ0n) is 11.8. The third-order valence-corrected chi connectivity index (χ3v) is 3.49. The van der Waals surface area contributed by atoms with Gasteiger partial charge in [-0.05, 0) is 31.9 Å². The Labute approximate surface area is 115 Å². The number of nitrogens with one attached hydrogen (secondary N) is 2. The molecule has 0 saturated carbocycles. The highest BCUT2D eigenvalue weighted by atomic mass is 16.2. The number of hydrogen-bond acceptors (Lipinski definition) is 2. The standard InChI is InChI=1S/C15H23N3O/c1-3-4-5-9-12-15(2)16-14(19)18(17-15)13-10-7-6-8-11-13/h6-8,10-11,17H,3-5,9,12H2,1-2H3,(H,16,19)/t15-/m0/s1. The SMILES string of the molecule is CCCCCC[C@@]1(C)NC(=O)N(c2ccccc2)N1. The van der Waals surface area contributed by atoms with E-state index in [4.69, 9.17) is 0 Å². The molecule has 19 heavy (non-hydrogen) atoms. The van der Waals surface area contributed by atoms with Gasteiger partial charge in [-0.1, -0.05) is 44.4 Å². The lowest BCUT2D eigenvalue weighted by atomic mass is 10.0. The van der Waals surface area contributed by atoms with Crippen LogP contribution in [0.1, 0.15) is 46.0 Å². The van der Waals surface area contributed by atoms with Crippen LogP contribution in [0.3, 0.4) is 0 Å². The lowest BCUT2D eigenvalue weighted by Gasteiger charge is -2.25. The van der Waals surface area contributed by atoms with Crippen LogP contribution in [0.2, 0.25) is 0 Å². The van der Waals surface area contributed by atoms with Crippen molar-refractivity contribution in [3.05, 3.63) is 30.3 Å². The molecule has 4 nitrogen and oxygen atoms in total. The Morgan fingerprint density at radius 1 is 1.16 bits per heavy atom. The summed E-state index contributed by atoms with van der Waals surface area (Å²) in [7, 11) is 0. The molecule has 2 amide bonds. The second-order valence-corrected chi connectivity index (χ2v) is 5.36. The highest BCUT2D eigenvalue weighted by molar-refractivity contribution is 5.93. The summed E-state index contributed by atoms with van der Waals surface area (Å²) in [5, 5.41) is 4.63. The fourth-order valence-corrected chi connectivity index (χ4v) is 2.40. The van der Waals surface area contributed by atoms with Gasteiger partial charge in [0.2, 0.25) is 0 Å². The van der Waals surface area contributed by atoms with E-state index < -0.39 is 0 Å². The topological polar surface area (TPSA) is 44.4 Å². The molecule has 1 aliphatic heterocycles. The summed E-state index contributed by atoms with van der Waals surface area (Å²) in [6.07, 6.45) is 5.77. The number of hydrogen-bond donors (Lipinski definition) is 2. The van der Waals surface area contributed by atoms with Gasteiger partial charge in [-0.2, -0.15) is 0 Å². The first-order valence-electron chi connectivity index (χ1n) is 7.10. The van der Waals surface area contributed by atoms with Crippen LogP contribution >= 0.6 is 0 Å². The number of unbranched alkanes of at least 4 members (excludes halogenated alkanes) is 3. The molecule has 1 aromatic carbocycles. The van der Waals surface area contributed by atoms with Crippen LogP contribution in [0.25, 0.3) is 0 Å². The van der Waals surface area contributed by atoms with Crippen molar-refractivity contribution in [1.29, 1.82) is 0 Å². The maximum atomic E-state index is 12.0. The fourth-order valence-electron chi connectivity index (χ4n) is 2.40. The minimum Gasteiger partial charge on any atom is -0.317 e. The Kier molecular flexibility index (Phi) is 4.43. The van der Waals surface area contributed by atoms with Crippen LogP contribution in [0.5, 0.6) is 0 Å². The third-order valence-electron chi connectivity index (χ3n) is 3.49. The van der Waals surface area contributed by atoms with Crippen molar-refractivity contribution in [3.8, 4) is 0 Å². The maximum Gasteiger partial charge on any atom is 0.338 e. The van der Waals surface area contributed by atoms with Gasteiger partial charge in [-0.3, -0.25) is 0 Å². The summed E-state index contributed by atoms with van der Waals surface area (Å²) in [5.74, 6) is 0. The van der Waals surface area contributed by atoms with Crippen LogP contribution in [0.15, 0.2) is 30.3 Å². The second kappa shape index (κ2) is 6.06. The Balaban J connectivity index is 1.94. The van der Waals surface area contributed by atoms with Crippen molar-refractivity contribution in [2.75, 3.05) is 5.01 Å². The highest BCUT2D eigenvalue weighted by Gasteiger charge is 2.38. The number of para-hydroxylation sites is 1. The number of amides is 2. The Morgan fingerprint density at radius 3 is 2.58 bits per heavy atom. The van der Waals surface area contributed by atoms with Crippen LogP contribution in [-0.4, -0.2) is 11.7 Å². The van der Waals surface area contributed by atoms with Gasteiger partial charge in [-0.15, -0.1) is 0 Å². The molecule has 0 radical (unpaired) electrons. The summed E-state index contributed by atoms with van der Waals surface area (Å²) in [5.41, 5.74) is 3.82. The average Bonchev–Trinajstić information content (AvgIpc) is 2.72. The van der Waals surface area contributed by atoms with Crippen LogP contribution in [-0.2, 0) is 0 Å². The molecule has 0 spiro atoms. The summed E-state index contributed by atoms with van der Waals surface area (Å²) >= 11 is 0. The minimum atomic E-state index is -0.333. The number of carbonyl (C=O) groups excluding carboxylic acids is 1. The number of urea groups is 1. The molecule has 1 saturated heterocycles. The predicted octanol–water partition coefficient (Wildman–Crippen LogP) is 3.41. The molecule has 1 heterocycles. The lowest BCUT2D eigenvalue weighted by molar-refractivity contribution is 0.246. The van der Waals surface area contributed by atoms with Crippen molar-refractivity contribution in [1.82, 2.24) is 10.7 Å². The molecule has 2 N–H and O–H groups in total. The zero-order valence-corrected chi connectivity index (χ0v) is 11.8. The molecule has 0 bridgehead atoms. The molecule has 0 unspecified atom stereocenters. The van der Waals surface area contributed by atoms with E-state index in [1.807, 2.05) is 37.3 Å². The predicted molar refractivity (Wildman–Crippen MR) is 77.8 cm³/mol. The van der Waals surface area contributed by atoms with E-state index in [9.17, 15) is 4.79 Å². The fraction of sp³-hybridized carbons (Fsp3) is 0.533. The van der Waals surface area contributed by atoms with Crippen molar-refractivity contribution < 1.29 is 4.79 Å². The normalized spacial score (nSPS) is 22.6. The minimum absolute atomic E-state index is 0.0795. The van der Waals surface area contributed by atoms with Crippen LogP contribution in [0, 0.1) is 0 Å². The molecule has 2 rings (SSSR count). The molecule has 1 aromatic rings. The Bertz CT molecular complexity index is 421. The van der Waals surface area contributed by atoms with E-state index in [0.29, 0.717) is 0 Å². The summed E-state index contributed by atoms with van der Waals surface area (Å²) < 4.78 is 0. The van der Waals surface area contributed by atoms with Gasteiger partial charge >= 0.3 is 6.03 Å². The van der Waals surface area contributed by atoms with Gasteiger partial charge in [0, 0.05) is 0 Å². The number of carbonyl (C=O) groups is 1. The first-order chi connectivity index (χ1) is 9.14. The van der Waals surface area contributed by atoms with E-state index in [1.165, 1.54) is 19.3 Å². The first-order valence-corrected chi connectivity index (χ1v) is 7.10. The molecular formula is C15H23N3O. The van der Waals surface area contributed by atoms with Gasteiger partial charge in [0.1, 0.15) is 5.66 Å². The molecule has 1 fully saturated rings. The van der Waals surface area contributed by atoms with Gasteiger partial charge in [0.05, 0.1) is 5.69 Å². The summed E-state index contributed by atoms with van der Waals surface area (Å²) in [6, 6.07) is 9.58. The van der Waals surface area contributed by atoms with Crippen molar-refractivity contribution in [2.45, 2.75) is 51.6 Å². The summed E-state index contributed by atoms with van der Waals surface area (Å²) in [4.78, 5) is 12.0. The number of anilines is 1. The number of nitrogens with zero attached hydrogens (tertiary/aromatic N) is 1. The second-order valence-electron chi connectivity index (χ2n) is 5.36. The maximum absolute atomic E-state index is 12.0. The van der Waals surface area contributed by atoms with Crippen molar-refractivity contribution >= 4 is 11.7 Å². The van der Waals surface area contributed by atoms with Crippen molar-refractivity contribution in [3.63, 3.8) is 0 Å². The van der Waals surface area contributed by atoms with Gasteiger partial charge in [-0.25, -0.2) is 15.2 Å². The smallest absolute Gasteiger partial charge is 0.317 e. The lowest BCUT2D eigenvalue weighted by Crippen LogP contribution is -2.48. The van der Waals surface area contributed by atoms with Gasteiger partial charge in [0.25, 0.3) is 0 Å². The largest absolute Gasteiger partial charge is 0.338 e. The van der Waals surface area contributed by atoms with E-state index in [2.05, 4.69) is 17.7 Å². The van der Waals surface area contributed by atoms with E-state index >= 15 is 0 Å². The van der Waals surface area contributed by atoms with Crippen LogP contribution in [0.4, 0.5) is 10.5 Å². The zero-order chi connectivity index (χ0) is 13.7. The first kappa shape index (κ1) is 13.9. The molecule has 104 valence electrons. The van der Waals surface area contributed by atoms with E-state index in [0.717, 1.165) is 18.5 Å². The Hall–Kier alpha value is -1.55. The van der Waals surface area contributed by atoms with Crippen molar-refractivity contribution in [2.24, 2.45) is 0 Å². The average molecular weight is 261 g/mol. The van der Waals surface area contributed by atoms with E-state index in [-0.39, 0.29) is 11.7 Å².